The lowest BCUT2D eigenvalue weighted by Crippen LogP contribution is -2.30. The second-order valence-corrected chi connectivity index (χ2v) is 8.69. The van der Waals surface area contributed by atoms with E-state index in [1.54, 1.807) is 0 Å². The number of Topliss-reactive ketones (excluding diaryl/α,β-unsaturated/α-hetero) is 2. The minimum atomic E-state index is -0.363. The van der Waals surface area contributed by atoms with Crippen LogP contribution in [0.3, 0.4) is 0 Å². The summed E-state index contributed by atoms with van der Waals surface area (Å²) in [5.41, 5.74) is 3.24. The summed E-state index contributed by atoms with van der Waals surface area (Å²) >= 11 is 5.96. The summed E-state index contributed by atoms with van der Waals surface area (Å²) < 4.78 is 12.1. The van der Waals surface area contributed by atoms with Gasteiger partial charge in [-0.3, -0.25) is 9.59 Å². The van der Waals surface area contributed by atoms with Gasteiger partial charge in [-0.2, -0.15) is 0 Å². The van der Waals surface area contributed by atoms with Crippen LogP contribution in [0.1, 0.15) is 55.6 Å². The van der Waals surface area contributed by atoms with Crippen LogP contribution in [0, 0.1) is 0 Å². The van der Waals surface area contributed by atoms with Gasteiger partial charge in [0.2, 0.25) is 0 Å². The van der Waals surface area contributed by atoms with Crippen LogP contribution < -0.4 is 4.74 Å². The van der Waals surface area contributed by atoms with Crippen LogP contribution in [0.25, 0.3) is 0 Å². The summed E-state index contributed by atoms with van der Waals surface area (Å²) in [5, 5.41) is 0.688. The molecule has 3 aliphatic rings. The van der Waals surface area contributed by atoms with E-state index < -0.39 is 0 Å². The SMILES string of the molecule is O=C1CCCC2=C1C(c1cccc(OCc3ccc(Cl)cc3)c1)C1=C(CCCC1=O)O2. The Bertz CT molecular complexity index is 1070. The molecule has 0 N–H and O–H groups in total. The first kappa shape index (κ1) is 20.1. The van der Waals surface area contributed by atoms with Gasteiger partial charge in [-0.15, -0.1) is 0 Å². The lowest BCUT2D eigenvalue weighted by Gasteiger charge is -2.36. The van der Waals surface area contributed by atoms with Gasteiger partial charge < -0.3 is 9.47 Å². The second-order valence-electron chi connectivity index (χ2n) is 8.25. The highest BCUT2D eigenvalue weighted by Gasteiger charge is 2.41. The molecule has 0 bridgehead atoms. The summed E-state index contributed by atoms with van der Waals surface area (Å²) in [6.45, 7) is 0.411. The first-order valence-corrected chi connectivity index (χ1v) is 11.2. The van der Waals surface area contributed by atoms with Gasteiger partial charge in [0.25, 0.3) is 0 Å². The molecule has 0 saturated heterocycles. The monoisotopic (exact) mass is 434 g/mol. The van der Waals surface area contributed by atoms with Crippen molar-refractivity contribution < 1.29 is 19.1 Å². The number of ether oxygens (including phenoxy) is 2. The van der Waals surface area contributed by atoms with Crippen molar-refractivity contribution in [2.75, 3.05) is 0 Å². The largest absolute Gasteiger partial charge is 0.489 e. The number of rotatable bonds is 4. The van der Waals surface area contributed by atoms with E-state index >= 15 is 0 Å². The number of hydrogen-bond acceptors (Lipinski definition) is 4. The lowest BCUT2D eigenvalue weighted by molar-refractivity contribution is -0.117. The molecule has 1 aliphatic heterocycles. The average molecular weight is 435 g/mol. The van der Waals surface area contributed by atoms with Crippen LogP contribution in [-0.4, -0.2) is 11.6 Å². The number of allylic oxidation sites excluding steroid dienone is 4. The van der Waals surface area contributed by atoms with E-state index in [0.717, 1.165) is 48.3 Å². The van der Waals surface area contributed by atoms with E-state index in [1.807, 2.05) is 48.5 Å². The van der Waals surface area contributed by atoms with Crippen LogP contribution in [-0.2, 0) is 20.9 Å². The van der Waals surface area contributed by atoms with E-state index in [0.29, 0.717) is 41.4 Å². The molecule has 0 saturated carbocycles. The van der Waals surface area contributed by atoms with Crippen molar-refractivity contribution in [3.05, 3.63) is 87.3 Å². The Kier molecular flexibility index (Phi) is 5.41. The zero-order valence-corrected chi connectivity index (χ0v) is 17.9. The molecule has 2 aromatic rings. The fraction of sp³-hybridized carbons (Fsp3) is 0.308. The van der Waals surface area contributed by atoms with Gasteiger partial charge >= 0.3 is 0 Å². The van der Waals surface area contributed by atoms with Crippen molar-refractivity contribution in [1.29, 1.82) is 0 Å². The molecule has 2 aliphatic carbocycles. The van der Waals surface area contributed by atoms with Crippen molar-refractivity contribution in [3.63, 3.8) is 0 Å². The molecule has 31 heavy (non-hydrogen) atoms. The predicted molar refractivity (Wildman–Crippen MR) is 118 cm³/mol. The zero-order valence-electron chi connectivity index (χ0n) is 17.2. The van der Waals surface area contributed by atoms with Gasteiger partial charge in [-0.05, 0) is 48.2 Å². The highest BCUT2D eigenvalue weighted by atomic mass is 35.5. The fourth-order valence-corrected chi connectivity index (χ4v) is 4.81. The van der Waals surface area contributed by atoms with Crippen LogP contribution in [0.15, 0.2) is 71.2 Å². The Morgan fingerprint density at radius 2 is 1.52 bits per heavy atom. The summed E-state index contributed by atoms with van der Waals surface area (Å²) in [4.78, 5) is 25.8. The van der Waals surface area contributed by atoms with Gasteiger partial charge in [-0.1, -0.05) is 35.9 Å². The zero-order chi connectivity index (χ0) is 21.4. The van der Waals surface area contributed by atoms with Crippen LogP contribution >= 0.6 is 11.6 Å². The molecule has 0 aromatic heterocycles. The minimum absolute atomic E-state index is 0.0867. The third-order valence-corrected chi connectivity index (χ3v) is 6.40. The van der Waals surface area contributed by atoms with Crippen molar-refractivity contribution in [3.8, 4) is 5.75 Å². The number of carbonyl (C=O) groups is 2. The number of benzene rings is 2. The van der Waals surface area contributed by atoms with Crippen molar-refractivity contribution in [1.82, 2.24) is 0 Å². The average Bonchev–Trinajstić information content (AvgIpc) is 2.78. The lowest BCUT2D eigenvalue weighted by atomic mass is 9.73. The van der Waals surface area contributed by atoms with Crippen molar-refractivity contribution >= 4 is 23.2 Å². The van der Waals surface area contributed by atoms with E-state index in [4.69, 9.17) is 21.1 Å². The third kappa shape index (κ3) is 3.92. The smallest absolute Gasteiger partial charge is 0.163 e. The molecule has 0 amide bonds. The first-order chi connectivity index (χ1) is 15.1. The molecule has 0 unspecified atom stereocenters. The van der Waals surface area contributed by atoms with Gasteiger partial charge in [0.15, 0.2) is 11.6 Å². The molecule has 1 heterocycles. The number of carbonyl (C=O) groups excluding carboxylic acids is 2. The Labute approximate surface area is 186 Å². The highest BCUT2D eigenvalue weighted by molar-refractivity contribution is 6.30. The van der Waals surface area contributed by atoms with Crippen LogP contribution in [0.2, 0.25) is 5.02 Å². The summed E-state index contributed by atoms with van der Waals surface area (Å²) in [5.74, 6) is 2.02. The molecule has 4 nitrogen and oxygen atoms in total. The normalized spacial score (nSPS) is 19.1. The maximum absolute atomic E-state index is 12.9. The van der Waals surface area contributed by atoms with Crippen molar-refractivity contribution in [2.45, 2.75) is 51.0 Å². The summed E-state index contributed by atoms with van der Waals surface area (Å²) in [6.07, 6.45) is 4.09. The molecule has 2 aromatic carbocycles. The topological polar surface area (TPSA) is 52.6 Å². The Balaban J connectivity index is 1.49. The summed E-state index contributed by atoms with van der Waals surface area (Å²) in [7, 11) is 0. The number of ketones is 2. The Morgan fingerprint density at radius 3 is 2.16 bits per heavy atom. The Hall–Kier alpha value is -2.85. The quantitative estimate of drug-likeness (QED) is 0.588. The molecule has 0 fully saturated rings. The van der Waals surface area contributed by atoms with E-state index in [1.165, 1.54) is 0 Å². The van der Waals surface area contributed by atoms with Gasteiger partial charge in [0.05, 0.1) is 0 Å². The fourth-order valence-electron chi connectivity index (χ4n) is 4.68. The van der Waals surface area contributed by atoms with Gasteiger partial charge in [0, 0.05) is 47.8 Å². The second kappa shape index (κ2) is 8.35. The first-order valence-electron chi connectivity index (χ1n) is 10.8. The highest BCUT2D eigenvalue weighted by Crippen LogP contribution is 2.48. The molecular formula is C26H23ClO4. The van der Waals surface area contributed by atoms with Crippen molar-refractivity contribution in [2.24, 2.45) is 0 Å². The van der Waals surface area contributed by atoms with E-state index in [9.17, 15) is 9.59 Å². The van der Waals surface area contributed by atoms with E-state index in [-0.39, 0.29) is 17.5 Å². The molecule has 158 valence electrons. The van der Waals surface area contributed by atoms with Gasteiger partial charge in [0.1, 0.15) is 23.9 Å². The van der Waals surface area contributed by atoms with E-state index in [2.05, 4.69) is 0 Å². The predicted octanol–water partition coefficient (Wildman–Crippen LogP) is 6.05. The van der Waals surface area contributed by atoms with Gasteiger partial charge in [-0.25, -0.2) is 0 Å². The molecule has 5 rings (SSSR count). The maximum Gasteiger partial charge on any atom is 0.163 e. The third-order valence-electron chi connectivity index (χ3n) is 6.15. The van der Waals surface area contributed by atoms with Crippen LogP contribution in [0.5, 0.6) is 5.75 Å². The van der Waals surface area contributed by atoms with Crippen LogP contribution in [0.4, 0.5) is 0 Å². The molecule has 0 atom stereocenters. The molecule has 0 spiro atoms. The standard InChI is InChI=1S/C26H23ClO4/c27-18-12-10-16(11-13-18)15-30-19-5-1-4-17(14-19)24-25-20(28)6-2-8-22(25)31-23-9-3-7-21(29)26(23)24/h1,4-5,10-14,24H,2-3,6-9,15H2. The number of halogens is 1. The minimum Gasteiger partial charge on any atom is -0.489 e. The molecular weight excluding hydrogens is 412 g/mol. The maximum atomic E-state index is 12.9. The molecule has 5 heteroatoms. The summed E-state index contributed by atoms with van der Waals surface area (Å²) in [6, 6.07) is 15.3. The molecule has 0 radical (unpaired) electrons. The Morgan fingerprint density at radius 1 is 0.871 bits per heavy atom. The number of hydrogen-bond donors (Lipinski definition) is 0.